The molecule has 0 amide bonds. The quantitative estimate of drug-likeness (QED) is 0.877. The van der Waals surface area contributed by atoms with Crippen molar-refractivity contribution in [3.8, 4) is 11.5 Å². The first-order chi connectivity index (χ1) is 9.04. The summed E-state index contributed by atoms with van der Waals surface area (Å²) in [6, 6.07) is 5.41. The van der Waals surface area contributed by atoms with E-state index in [-0.39, 0.29) is 11.8 Å². The van der Waals surface area contributed by atoms with Gasteiger partial charge in [-0.05, 0) is 6.07 Å². The molecule has 0 aromatic heterocycles. The van der Waals surface area contributed by atoms with Gasteiger partial charge in [-0.15, -0.1) is 0 Å². The van der Waals surface area contributed by atoms with E-state index in [0.717, 1.165) is 17.1 Å². The van der Waals surface area contributed by atoms with Gasteiger partial charge in [-0.25, -0.2) is 8.42 Å². The second-order valence-corrected chi connectivity index (χ2v) is 6.25. The summed E-state index contributed by atoms with van der Waals surface area (Å²) in [5, 5.41) is 4.44. The minimum atomic E-state index is -3.02. The van der Waals surface area contributed by atoms with Crippen LogP contribution in [0, 0.1) is 0 Å². The summed E-state index contributed by atoms with van der Waals surface area (Å²) in [5.41, 5.74) is 0.959. The van der Waals surface area contributed by atoms with Crippen LogP contribution in [0.4, 0.5) is 0 Å². The van der Waals surface area contributed by atoms with Crippen molar-refractivity contribution in [2.45, 2.75) is 12.6 Å². The zero-order chi connectivity index (χ0) is 13.9. The van der Waals surface area contributed by atoms with Gasteiger partial charge in [0.1, 0.15) is 11.5 Å². The van der Waals surface area contributed by atoms with E-state index >= 15 is 0 Å². The largest absolute Gasteiger partial charge is 0.497 e. The number of hydrogen-bond donors (Lipinski definition) is 1. The van der Waals surface area contributed by atoms with Crippen LogP contribution in [-0.2, 0) is 16.4 Å². The van der Waals surface area contributed by atoms with Crippen LogP contribution in [0.25, 0.3) is 0 Å². The van der Waals surface area contributed by atoms with Gasteiger partial charge in [0.05, 0.1) is 20.0 Å². The highest BCUT2D eigenvalue weighted by Gasteiger charge is 2.21. The van der Waals surface area contributed by atoms with Crippen molar-refractivity contribution >= 4 is 9.84 Å². The van der Waals surface area contributed by atoms with Crippen LogP contribution in [0.1, 0.15) is 5.56 Å². The van der Waals surface area contributed by atoms with Crippen molar-refractivity contribution in [2.75, 3.05) is 20.0 Å². The van der Waals surface area contributed by atoms with Crippen molar-refractivity contribution in [3.05, 3.63) is 35.2 Å². The Morgan fingerprint density at radius 2 is 2.11 bits per heavy atom. The van der Waals surface area contributed by atoms with E-state index in [1.165, 1.54) is 5.41 Å². The lowest BCUT2D eigenvalue weighted by Gasteiger charge is -2.13. The van der Waals surface area contributed by atoms with Gasteiger partial charge >= 0.3 is 0 Å². The number of nitrogens with one attached hydrogen (secondary N) is 1. The number of rotatable bonds is 5. The summed E-state index contributed by atoms with van der Waals surface area (Å²) in [6.45, 7) is 0.539. The maximum Gasteiger partial charge on any atom is 0.173 e. The fourth-order valence-electron chi connectivity index (χ4n) is 1.94. The van der Waals surface area contributed by atoms with Gasteiger partial charge in [-0.3, -0.25) is 0 Å². The number of ether oxygens (including phenoxy) is 2. The average Bonchev–Trinajstić information content (AvgIpc) is 2.75. The van der Waals surface area contributed by atoms with Gasteiger partial charge in [-0.2, -0.15) is 0 Å². The first-order valence-corrected chi connectivity index (χ1v) is 7.61. The highest BCUT2D eigenvalue weighted by molar-refractivity contribution is 7.94. The molecule has 0 radical (unpaired) electrons. The van der Waals surface area contributed by atoms with Gasteiger partial charge in [0.15, 0.2) is 9.84 Å². The topological polar surface area (TPSA) is 64.6 Å². The third kappa shape index (κ3) is 3.48. The standard InChI is InChI=1S/C13H17NO4S/c1-17-12-4-3-10(13(7-12)18-2)8-14-11-5-6-19(15,16)9-11/h3-7,11,14H,8-9H2,1-2H3. The molecule has 1 aliphatic rings. The smallest absolute Gasteiger partial charge is 0.173 e. The molecule has 0 bridgehead atoms. The molecule has 1 N–H and O–H groups in total. The maximum atomic E-state index is 11.3. The molecule has 0 spiro atoms. The Kier molecular flexibility index (Phi) is 4.11. The predicted octanol–water partition coefficient (Wildman–Crippen LogP) is 1.10. The highest BCUT2D eigenvalue weighted by atomic mass is 32.2. The predicted molar refractivity (Wildman–Crippen MR) is 73.1 cm³/mol. The van der Waals surface area contributed by atoms with Crippen LogP contribution in [0.3, 0.4) is 0 Å². The molecule has 104 valence electrons. The highest BCUT2D eigenvalue weighted by Crippen LogP contribution is 2.24. The Morgan fingerprint density at radius 1 is 1.32 bits per heavy atom. The molecule has 0 saturated heterocycles. The molecule has 1 atom stereocenters. The number of methoxy groups -OCH3 is 2. The average molecular weight is 283 g/mol. The van der Waals surface area contributed by atoms with E-state index in [2.05, 4.69) is 5.32 Å². The Morgan fingerprint density at radius 3 is 2.68 bits per heavy atom. The normalized spacial score (nSPS) is 20.4. The fourth-order valence-corrected chi connectivity index (χ4v) is 3.21. The third-order valence-electron chi connectivity index (χ3n) is 2.98. The van der Waals surface area contributed by atoms with Crippen molar-refractivity contribution in [3.63, 3.8) is 0 Å². The first-order valence-electron chi connectivity index (χ1n) is 5.89. The Labute approximate surface area is 113 Å². The van der Waals surface area contributed by atoms with Gasteiger partial charge < -0.3 is 14.8 Å². The van der Waals surface area contributed by atoms with Crippen LogP contribution in [0.15, 0.2) is 29.7 Å². The van der Waals surface area contributed by atoms with Crippen LogP contribution < -0.4 is 14.8 Å². The Balaban J connectivity index is 2.02. The van der Waals surface area contributed by atoms with Gasteiger partial charge in [-0.1, -0.05) is 12.1 Å². The second-order valence-electron chi connectivity index (χ2n) is 4.32. The summed E-state index contributed by atoms with van der Waals surface area (Å²) in [4.78, 5) is 0. The van der Waals surface area contributed by atoms with Crippen LogP contribution in [0.2, 0.25) is 0 Å². The summed E-state index contributed by atoms with van der Waals surface area (Å²) < 4.78 is 33.0. The lowest BCUT2D eigenvalue weighted by Crippen LogP contribution is -2.29. The molecule has 0 saturated carbocycles. The summed E-state index contributed by atoms with van der Waals surface area (Å²) in [5.74, 6) is 1.56. The van der Waals surface area contributed by atoms with E-state index in [1.807, 2.05) is 12.1 Å². The molecule has 0 aliphatic carbocycles. The SMILES string of the molecule is COc1ccc(CNC2C=CS(=O)(=O)C2)c(OC)c1. The molecule has 1 aromatic rings. The lowest BCUT2D eigenvalue weighted by molar-refractivity contribution is 0.389. The van der Waals surface area contributed by atoms with Crippen molar-refractivity contribution in [1.29, 1.82) is 0 Å². The van der Waals surface area contributed by atoms with Crippen LogP contribution >= 0.6 is 0 Å². The zero-order valence-corrected chi connectivity index (χ0v) is 11.7. The molecule has 2 rings (SSSR count). The fraction of sp³-hybridized carbons (Fsp3) is 0.385. The minimum absolute atomic E-state index is 0.117. The van der Waals surface area contributed by atoms with Crippen LogP contribution in [0.5, 0.6) is 11.5 Å². The van der Waals surface area contributed by atoms with E-state index < -0.39 is 9.84 Å². The molecular formula is C13H17NO4S. The molecule has 1 aromatic carbocycles. The van der Waals surface area contributed by atoms with Gasteiger partial charge in [0.25, 0.3) is 0 Å². The minimum Gasteiger partial charge on any atom is -0.497 e. The molecule has 6 heteroatoms. The van der Waals surface area contributed by atoms with Gasteiger partial charge in [0, 0.05) is 29.6 Å². The summed E-state index contributed by atoms with van der Waals surface area (Å²) in [7, 11) is 0.173. The molecule has 1 aliphatic heterocycles. The first kappa shape index (κ1) is 13.9. The molecule has 5 nitrogen and oxygen atoms in total. The third-order valence-corrected chi connectivity index (χ3v) is 4.37. The summed E-state index contributed by atoms with van der Waals surface area (Å²) in [6.07, 6.45) is 1.67. The molecule has 0 fully saturated rings. The molecule has 1 unspecified atom stereocenters. The van der Waals surface area contributed by atoms with Crippen molar-refractivity contribution < 1.29 is 17.9 Å². The monoisotopic (exact) mass is 283 g/mol. The lowest BCUT2D eigenvalue weighted by atomic mass is 10.1. The van der Waals surface area contributed by atoms with Crippen LogP contribution in [-0.4, -0.2) is 34.4 Å². The zero-order valence-electron chi connectivity index (χ0n) is 10.9. The van der Waals surface area contributed by atoms with Gasteiger partial charge in [0.2, 0.25) is 0 Å². The maximum absolute atomic E-state index is 11.3. The number of sulfone groups is 1. The van der Waals surface area contributed by atoms with Crippen molar-refractivity contribution in [1.82, 2.24) is 5.32 Å². The van der Waals surface area contributed by atoms with E-state index in [1.54, 1.807) is 26.4 Å². The molecule has 19 heavy (non-hydrogen) atoms. The molecule has 1 heterocycles. The Hall–Kier alpha value is -1.53. The number of hydrogen-bond acceptors (Lipinski definition) is 5. The summed E-state index contributed by atoms with van der Waals surface area (Å²) >= 11 is 0. The van der Waals surface area contributed by atoms with Crippen molar-refractivity contribution in [2.24, 2.45) is 0 Å². The number of benzene rings is 1. The van der Waals surface area contributed by atoms with E-state index in [4.69, 9.17) is 9.47 Å². The molecular weight excluding hydrogens is 266 g/mol. The van der Waals surface area contributed by atoms with E-state index in [0.29, 0.717) is 6.54 Å². The Bertz CT molecular complexity index is 580. The second kappa shape index (κ2) is 5.63. The van der Waals surface area contributed by atoms with E-state index in [9.17, 15) is 8.42 Å².